The lowest BCUT2D eigenvalue weighted by Gasteiger charge is -2.45. The first-order valence-electron chi connectivity index (χ1n) is 12.7. The summed E-state index contributed by atoms with van der Waals surface area (Å²) >= 11 is 0. The molecule has 0 radical (unpaired) electrons. The molecule has 2 rings (SSSR count). The van der Waals surface area contributed by atoms with Gasteiger partial charge in [-0.25, -0.2) is 0 Å². The Kier molecular flexibility index (Phi) is 11.2. The highest BCUT2D eigenvalue weighted by Gasteiger charge is 2.46. The number of hydrogen-bond donors (Lipinski definition) is 1. The summed E-state index contributed by atoms with van der Waals surface area (Å²) in [5.74, 6) is 0. The van der Waals surface area contributed by atoms with Crippen molar-refractivity contribution in [2.24, 2.45) is 0 Å². The van der Waals surface area contributed by atoms with E-state index in [9.17, 15) is 5.11 Å². The van der Waals surface area contributed by atoms with Gasteiger partial charge < -0.3 is 9.53 Å². The predicted octanol–water partition coefficient (Wildman–Crippen LogP) is 7.95. The van der Waals surface area contributed by atoms with Gasteiger partial charge in [0.1, 0.15) is 0 Å². The zero-order valence-electron chi connectivity index (χ0n) is 21.3. The van der Waals surface area contributed by atoms with Crippen molar-refractivity contribution in [3.8, 4) is 0 Å². The van der Waals surface area contributed by atoms with Crippen molar-refractivity contribution in [3.05, 3.63) is 71.8 Å². The number of aliphatic hydroxyl groups is 1. The van der Waals surface area contributed by atoms with Gasteiger partial charge in [0, 0.05) is 6.10 Å². The average molecular weight is 455 g/mol. The van der Waals surface area contributed by atoms with E-state index in [-0.39, 0.29) is 12.2 Å². The van der Waals surface area contributed by atoms with Gasteiger partial charge in [0.05, 0.1) is 6.10 Å². The molecule has 0 amide bonds. The smallest absolute Gasteiger partial charge is 0.200 e. The summed E-state index contributed by atoms with van der Waals surface area (Å²) in [6, 6.07) is 21.2. The molecule has 2 unspecified atom stereocenters. The number of aryl methyl sites for hydroxylation is 2. The van der Waals surface area contributed by atoms with Crippen molar-refractivity contribution >= 4 is 8.32 Å². The molecule has 0 aliphatic heterocycles. The highest BCUT2D eigenvalue weighted by Crippen LogP contribution is 2.43. The molecule has 0 aliphatic carbocycles. The molecule has 0 heterocycles. The fourth-order valence-electron chi connectivity index (χ4n) is 5.43. The third-order valence-electron chi connectivity index (χ3n) is 7.11. The Labute approximate surface area is 198 Å². The zero-order valence-corrected chi connectivity index (χ0v) is 22.3. The van der Waals surface area contributed by atoms with E-state index in [0.717, 1.165) is 38.5 Å². The van der Waals surface area contributed by atoms with Crippen LogP contribution in [0.4, 0.5) is 0 Å². The number of aliphatic hydroxyl groups excluding tert-OH is 1. The van der Waals surface area contributed by atoms with Gasteiger partial charge in [0.25, 0.3) is 0 Å². The van der Waals surface area contributed by atoms with Crippen molar-refractivity contribution in [1.82, 2.24) is 0 Å². The van der Waals surface area contributed by atoms with E-state index in [1.54, 1.807) is 0 Å². The van der Waals surface area contributed by atoms with E-state index in [4.69, 9.17) is 4.43 Å². The summed E-state index contributed by atoms with van der Waals surface area (Å²) in [4.78, 5) is 0. The number of hydrogen-bond acceptors (Lipinski definition) is 2. The van der Waals surface area contributed by atoms with Crippen LogP contribution in [-0.4, -0.2) is 25.6 Å². The second kappa shape index (κ2) is 13.3. The molecule has 3 heteroatoms. The first-order chi connectivity index (χ1) is 15.3. The second-order valence-electron chi connectivity index (χ2n) is 10.3. The van der Waals surface area contributed by atoms with Gasteiger partial charge in [-0.15, -0.1) is 0 Å². The van der Waals surface area contributed by atoms with Crippen LogP contribution >= 0.6 is 0 Å². The fourth-order valence-corrected chi connectivity index (χ4v) is 11.1. The topological polar surface area (TPSA) is 29.5 Å². The van der Waals surface area contributed by atoms with Crippen LogP contribution in [0, 0.1) is 0 Å². The maximum absolute atomic E-state index is 10.7. The molecule has 0 spiro atoms. The summed E-state index contributed by atoms with van der Waals surface area (Å²) in [5.41, 5.74) is 4.39. The first-order valence-corrected chi connectivity index (χ1v) is 14.8. The zero-order chi connectivity index (χ0) is 23.6. The maximum atomic E-state index is 10.7. The second-order valence-corrected chi connectivity index (χ2v) is 15.7. The molecule has 2 nitrogen and oxygen atoms in total. The SMILES string of the molecule is CC(C)[Si](OC(CCc1ccccc1)CCC(O)CCc1ccccc1)(C(C)C)C(C)C. The fraction of sp³-hybridized carbons (Fsp3) is 0.586. The molecular weight excluding hydrogens is 408 g/mol. The number of benzene rings is 2. The summed E-state index contributed by atoms with van der Waals surface area (Å²) in [5, 5.41) is 10.7. The molecule has 2 atom stereocenters. The highest BCUT2D eigenvalue weighted by atomic mass is 28.4. The third-order valence-corrected chi connectivity index (χ3v) is 13.3. The summed E-state index contributed by atoms with van der Waals surface area (Å²) in [6.07, 6.45) is 5.48. The molecule has 2 aromatic rings. The largest absolute Gasteiger partial charge is 0.413 e. The van der Waals surface area contributed by atoms with Gasteiger partial charge in [-0.2, -0.15) is 0 Å². The minimum atomic E-state index is -1.95. The summed E-state index contributed by atoms with van der Waals surface area (Å²) in [7, 11) is -1.95. The Morgan fingerprint density at radius 1 is 0.625 bits per heavy atom. The molecule has 0 aliphatic rings. The van der Waals surface area contributed by atoms with Crippen LogP contribution in [-0.2, 0) is 17.3 Å². The van der Waals surface area contributed by atoms with Gasteiger partial charge in [-0.3, -0.25) is 0 Å². The highest BCUT2D eigenvalue weighted by molar-refractivity contribution is 6.77. The lowest BCUT2D eigenvalue weighted by molar-refractivity contribution is 0.106. The van der Waals surface area contributed by atoms with Crippen LogP contribution in [0.5, 0.6) is 0 Å². The van der Waals surface area contributed by atoms with E-state index in [0.29, 0.717) is 16.6 Å². The van der Waals surface area contributed by atoms with Crippen molar-refractivity contribution in [1.29, 1.82) is 0 Å². The van der Waals surface area contributed by atoms with Crippen molar-refractivity contribution < 1.29 is 9.53 Å². The molecule has 2 aromatic carbocycles. The molecule has 0 saturated carbocycles. The van der Waals surface area contributed by atoms with Crippen LogP contribution in [0.1, 0.15) is 78.4 Å². The van der Waals surface area contributed by atoms with Crippen LogP contribution in [0.15, 0.2) is 60.7 Å². The van der Waals surface area contributed by atoms with E-state index in [1.165, 1.54) is 11.1 Å². The Balaban J connectivity index is 2.05. The Bertz CT molecular complexity index is 720. The third kappa shape index (κ3) is 7.86. The van der Waals surface area contributed by atoms with Crippen LogP contribution in [0.25, 0.3) is 0 Å². The minimum absolute atomic E-state index is 0.209. The maximum Gasteiger partial charge on any atom is 0.200 e. The molecule has 0 bridgehead atoms. The van der Waals surface area contributed by atoms with Gasteiger partial charge in [0.2, 0.25) is 8.32 Å². The lowest BCUT2D eigenvalue weighted by Crippen LogP contribution is -2.50. The van der Waals surface area contributed by atoms with Gasteiger partial charge >= 0.3 is 0 Å². The first kappa shape index (κ1) is 26.8. The van der Waals surface area contributed by atoms with Crippen molar-refractivity contribution in [2.45, 2.75) is 109 Å². The molecule has 1 N–H and O–H groups in total. The number of rotatable bonds is 14. The quantitative estimate of drug-likeness (QED) is 0.293. The van der Waals surface area contributed by atoms with E-state index in [1.807, 2.05) is 6.07 Å². The standard InChI is InChI=1S/C29H46O2Si/c1-23(2)32(24(3)4,25(5)6)31-29(21-18-27-15-11-8-12-16-27)22-20-28(30)19-17-26-13-9-7-10-14-26/h7-16,23-25,28-30H,17-22H2,1-6H3. The Morgan fingerprint density at radius 2 is 1.06 bits per heavy atom. The van der Waals surface area contributed by atoms with Crippen LogP contribution in [0.2, 0.25) is 16.6 Å². The normalized spacial score (nSPS) is 14.3. The monoisotopic (exact) mass is 454 g/mol. The van der Waals surface area contributed by atoms with Crippen LogP contribution in [0.3, 0.4) is 0 Å². The van der Waals surface area contributed by atoms with Gasteiger partial charge in [-0.1, -0.05) is 102 Å². The van der Waals surface area contributed by atoms with E-state index in [2.05, 4.69) is 96.1 Å². The summed E-state index contributed by atoms with van der Waals surface area (Å²) < 4.78 is 7.19. The molecule has 0 aromatic heterocycles. The Morgan fingerprint density at radius 3 is 1.50 bits per heavy atom. The van der Waals surface area contributed by atoms with Crippen LogP contribution < -0.4 is 0 Å². The van der Waals surface area contributed by atoms with Gasteiger partial charge in [-0.05, 0) is 66.3 Å². The van der Waals surface area contributed by atoms with E-state index < -0.39 is 8.32 Å². The van der Waals surface area contributed by atoms with E-state index >= 15 is 0 Å². The molecule has 178 valence electrons. The van der Waals surface area contributed by atoms with Crippen molar-refractivity contribution in [2.75, 3.05) is 0 Å². The van der Waals surface area contributed by atoms with Crippen molar-refractivity contribution in [3.63, 3.8) is 0 Å². The average Bonchev–Trinajstić information content (AvgIpc) is 2.77. The minimum Gasteiger partial charge on any atom is -0.413 e. The lowest BCUT2D eigenvalue weighted by atomic mass is 9.99. The molecular formula is C29H46O2Si. The molecule has 0 fully saturated rings. The van der Waals surface area contributed by atoms with Gasteiger partial charge in [0.15, 0.2) is 0 Å². The Hall–Kier alpha value is -1.42. The molecule has 0 saturated heterocycles. The predicted molar refractivity (Wildman–Crippen MR) is 141 cm³/mol. The summed E-state index contributed by atoms with van der Waals surface area (Å²) in [6.45, 7) is 14.1. The molecule has 32 heavy (non-hydrogen) atoms.